The minimum Gasteiger partial charge on any atom is -0.363 e. The molecule has 0 saturated carbocycles. The standard InChI is InChI=1S/C13H11Cl2FN2/c1-8(10-6-5-9(16)7-11(10)14)17-13-4-2-3-12(15)18-13/h2-8H,1H3,(H,17,18). The summed E-state index contributed by atoms with van der Waals surface area (Å²) in [5.41, 5.74) is 0.805. The van der Waals surface area contributed by atoms with E-state index in [-0.39, 0.29) is 11.9 Å². The summed E-state index contributed by atoms with van der Waals surface area (Å²) in [6, 6.07) is 9.54. The smallest absolute Gasteiger partial charge is 0.131 e. The van der Waals surface area contributed by atoms with Crippen LogP contribution in [0.15, 0.2) is 36.4 Å². The van der Waals surface area contributed by atoms with Gasteiger partial charge in [0.15, 0.2) is 0 Å². The number of anilines is 1. The second-order valence-electron chi connectivity index (χ2n) is 3.88. The molecule has 0 radical (unpaired) electrons. The maximum atomic E-state index is 13.0. The van der Waals surface area contributed by atoms with Crippen molar-refractivity contribution in [2.45, 2.75) is 13.0 Å². The van der Waals surface area contributed by atoms with Gasteiger partial charge in [0, 0.05) is 5.02 Å². The summed E-state index contributed by atoms with van der Waals surface area (Å²) in [7, 11) is 0. The fourth-order valence-corrected chi connectivity index (χ4v) is 2.14. The van der Waals surface area contributed by atoms with Crippen molar-refractivity contribution in [3.8, 4) is 0 Å². The Morgan fingerprint density at radius 1 is 1.22 bits per heavy atom. The van der Waals surface area contributed by atoms with Gasteiger partial charge in [0.05, 0.1) is 6.04 Å². The van der Waals surface area contributed by atoms with Gasteiger partial charge in [0.25, 0.3) is 0 Å². The van der Waals surface area contributed by atoms with Crippen molar-refractivity contribution in [1.82, 2.24) is 4.98 Å². The second-order valence-corrected chi connectivity index (χ2v) is 4.67. The average molecular weight is 285 g/mol. The monoisotopic (exact) mass is 284 g/mol. The van der Waals surface area contributed by atoms with E-state index < -0.39 is 0 Å². The zero-order valence-electron chi connectivity index (χ0n) is 9.62. The van der Waals surface area contributed by atoms with Crippen molar-refractivity contribution in [1.29, 1.82) is 0 Å². The number of benzene rings is 1. The van der Waals surface area contributed by atoms with E-state index in [1.807, 2.05) is 6.92 Å². The number of hydrogen-bond acceptors (Lipinski definition) is 2. The molecule has 94 valence electrons. The van der Waals surface area contributed by atoms with Crippen molar-refractivity contribution in [3.63, 3.8) is 0 Å². The first kappa shape index (κ1) is 13.1. The highest BCUT2D eigenvalue weighted by Gasteiger charge is 2.10. The number of halogens is 3. The molecule has 0 bridgehead atoms. The van der Waals surface area contributed by atoms with Gasteiger partial charge in [-0.25, -0.2) is 9.37 Å². The molecule has 2 rings (SSSR count). The first-order valence-electron chi connectivity index (χ1n) is 5.40. The molecule has 2 aromatic rings. The molecule has 0 aliphatic heterocycles. The van der Waals surface area contributed by atoms with Crippen LogP contribution in [0.25, 0.3) is 0 Å². The summed E-state index contributed by atoms with van der Waals surface area (Å²) >= 11 is 11.8. The highest BCUT2D eigenvalue weighted by Crippen LogP contribution is 2.26. The largest absolute Gasteiger partial charge is 0.363 e. The summed E-state index contributed by atoms with van der Waals surface area (Å²) in [4.78, 5) is 4.12. The zero-order chi connectivity index (χ0) is 13.1. The quantitative estimate of drug-likeness (QED) is 0.827. The fraction of sp³-hybridized carbons (Fsp3) is 0.154. The van der Waals surface area contributed by atoms with Gasteiger partial charge >= 0.3 is 0 Å². The minimum absolute atomic E-state index is 0.0935. The number of aromatic nitrogens is 1. The number of rotatable bonds is 3. The van der Waals surface area contributed by atoms with E-state index in [4.69, 9.17) is 23.2 Å². The van der Waals surface area contributed by atoms with E-state index in [0.29, 0.717) is 16.0 Å². The van der Waals surface area contributed by atoms with Gasteiger partial charge in [-0.2, -0.15) is 0 Å². The third kappa shape index (κ3) is 3.12. The minimum atomic E-state index is -0.350. The Hall–Kier alpha value is -1.32. The van der Waals surface area contributed by atoms with E-state index >= 15 is 0 Å². The predicted octanol–water partition coefficient (Wildman–Crippen LogP) is 4.70. The lowest BCUT2D eigenvalue weighted by molar-refractivity contribution is 0.626. The van der Waals surface area contributed by atoms with Crippen molar-refractivity contribution in [2.24, 2.45) is 0 Å². The molecule has 0 spiro atoms. The van der Waals surface area contributed by atoms with Crippen LogP contribution < -0.4 is 5.32 Å². The molecule has 1 N–H and O–H groups in total. The summed E-state index contributed by atoms with van der Waals surface area (Å²) < 4.78 is 13.0. The molecule has 0 aliphatic rings. The Labute approximate surface area is 115 Å². The highest BCUT2D eigenvalue weighted by molar-refractivity contribution is 6.31. The lowest BCUT2D eigenvalue weighted by Gasteiger charge is -2.16. The maximum absolute atomic E-state index is 13.0. The Balaban J connectivity index is 2.19. The number of nitrogens with one attached hydrogen (secondary N) is 1. The predicted molar refractivity (Wildman–Crippen MR) is 72.7 cm³/mol. The fourth-order valence-electron chi connectivity index (χ4n) is 1.64. The third-order valence-corrected chi connectivity index (χ3v) is 3.05. The van der Waals surface area contributed by atoms with Gasteiger partial charge in [-0.15, -0.1) is 0 Å². The van der Waals surface area contributed by atoms with Gasteiger partial charge in [0.1, 0.15) is 16.8 Å². The lowest BCUT2D eigenvalue weighted by Crippen LogP contribution is -2.08. The van der Waals surface area contributed by atoms with Gasteiger partial charge < -0.3 is 5.32 Å². The molecule has 18 heavy (non-hydrogen) atoms. The summed E-state index contributed by atoms with van der Waals surface area (Å²) in [5.74, 6) is 0.298. The molecule has 1 unspecified atom stereocenters. The van der Waals surface area contributed by atoms with Crippen LogP contribution >= 0.6 is 23.2 Å². The van der Waals surface area contributed by atoms with Gasteiger partial charge in [-0.05, 0) is 36.8 Å². The normalized spacial score (nSPS) is 12.2. The van der Waals surface area contributed by atoms with Crippen LogP contribution in [0.2, 0.25) is 10.2 Å². The zero-order valence-corrected chi connectivity index (χ0v) is 11.1. The third-order valence-electron chi connectivity index (χ3n) is 2.51. The van der Waals surface area contributed by atoms with Gasteiger partial charge in [-0.1, -0.05) is 35.3 Å². The van der Waals surface area contributed by atoms with Crippen LogP contribution in [-0.2, 0) is 0 Å². The lowest BCUT2D eigenvalue weighted by atomic mass is 10.1. The van der Waals surface area contributed by atoms with Crippen LogP contribution in [-0.4, -0.2) is 4.98 Å². The Kier molecular flexibility index (Phi) is 4.04. The Morgan fingerprint density at radius 2 is 2.00 bits per heavy atom. The van der Waals surface area contributed by atoms with E-state index in [0.717, 1.165) is 5.56 Å². The summed E-state index contributed by atoms with van der Waals surface area (Å²) in [5, 5.41) is 3.96. The topological polar surface area (TPSA) is 24.9 Å². The van der Waals surface area contributed by atoms with Crippen LogP contribution in [0, 0.1) is 5.82 Å². The number of hydrogen-bond donors (Lipinski definition) is 1. The molecule has 2 nitrogen and oxygen atoms in total. The van der Waals surface area contributed by atoms with Crippen molar-refractivity contribution in [2.75, 3.05) is 5.32 Å². The highest BCUT2D eigenvalue weighted by atomic mass is 35.5. The van der Waals surface area contributed by atoms with Crippen molar-refractivity contribution < 1.29 is 4.39 Å². The maximum Gasteiger partial charge on any atom is 0.131 e. The number of nitrogens with zero attached hydrogens (tertiary/aromatic N) is 1. The first-order valence-corrected chi connectivity index (χ1v) is 6.16. The van der Waals surface area contributed by atoms with E-state index in [1.165, 1.54) is 12.1 Å². The Morgan fingerprint density at radius 3 is 2.67 bits per heavy atom. The van der Waals surface area contributed by atoms with E-state index in [2.05, 4.69) is 10.3 Å². The SMILES string of the molecule is CC(Nc1cccc(Cl)n1)c1ccc(F)cc1Cl. The second kappa shape index (κ2) is 5.55. The first-order chi connectivity index (χ1) is 8.56. The van der Waals surface area contributed by atoms with Crippen molar-refractivity contribution >= 4 is 29.0 Å². The molecule has 1 heterocycles. The molecule has 0 amide bonds. The molecular weight excluding hydrogens is 274 g/mol. The van der Waals surface area contributed by atoms with Gasteiger partial charge in [0.2, 0.25) is 0 Å². The van der Waals surface area contributed by atoms with Crippen LogP contribution in [0.1, 0.15) is 18.5 Å². The average Bonchev–Trinajstić information content (AvgIpc) is 2.28. The van der Waals surface area contributed by atoms with E-state index in [9.17, 15) is 4.39 Å². The molecule has 5 heteroatoms. The molecule has 1 aromatic heterocycles. The molecule has 0 saturated heterocycles. The van der Waals surface area contributed by atoms with Crippen LogP contribution in [0.5, 0.6) is 0 Å². The molecule has 0 aliphatic carbocycles. The molecule has 1 aromatic carbocycles. The molecular formula is C13H11Cl2FN2. The molecule has 0 fully saturated rings. The van der Waals surface area contributed by atoms with Crippen LogP contribution in [0.4, 0.5) is 10.2 Å². The van der Waals surface area contributed by atoms with Crippen molar-refractivity contribution in [3.05, 3.63) is 58.0 Å². The van der Waals surface area contributed by atoms with E-state index in [1.54, 1.807) is 24.3 Å². The Bertz CT molecular complexity index is 560. The number of pyridine rings is 1. The summed E-state index contributed by atoms with van der Waals surface area (Å²) in [6.45, 7) is 1.92. The van der Waals surface area contributed by atoms with Crippen LogP contribution in [0.3, 0.4) is 0 Å². The molecule has 1 atom stereocenters. The van der Waals surface area contributed by atoms with Gasteiger partial charge in [-0.3, -0.25) is 0 Å². The summed E-state index contributed by atoms with van der Waals surface area (Å²) in [6.07, 6.45) is 0.